The molecule has 2 aromatic rings. The zero-order valence-electron chi connectivity index (χ0n) is 12.9. The largest absolute Gasteiger partial charge is 0.496 e. The van der Waals surface area contributed by atoms with Crippen molar-refractivity contribution in [1.82, 2.24) is 4.57 Å². The Bertz CT molecular complexity index is 793. The SMILES string of the molecule is COc1ccc(Cl)cc1C(=O)/N=c1\sc(C)cn1CC1CCO1. The molecular weight excluding hydrogens is 336 g/mol. The first-order valence-corrected chi connectivity index (χ1v) is 8.47. The molecule has 122 valence electrons. The van der Waals surface area contributed by atoms with Crippen molar-refractivity contribution in [2.75, 3.05) is 13.7 Å². The maximum absolute atomic E-state index is 12.5. The lowest BCUT2D eigenvalue weighted by Gasteiger charge is -2.26. The molecule has 5 nitrogen and oxygen atoms in total. The molecule has 7 heteroatoms. The van der Waals surface area contributed by atoms with Crippen LogP contribution < -0.4 is 9.54 Å². The predicted octanol–water partition coefficient (Wildman–Crippen LogP) is 3.05. The third kappa shape index (κ3) is 3.65. The molecule has 1 atom stereocenters. The minimum Gasteiger partial charge on any atom is -0.496 e. The Labute approximate surface area is 143 Å². The van der Waals surface area contributed by atoms with Gasteiger partial charge in [-0.1, -0.05) is 11.6 Å². The van der Waals surface area contributed by atoms with Crippen molar-refractivity contribution in [3.8, 4) is 5.75 Å². The second-order valence-corrected chi connectivity index (χ2v) is 6.97. The van der Waals surface area contributed by atoms with Crippen molar-refractivity contribution < 1.29 is 14.3 Å². The van der Waals surface area contributed by atoms with E-state index in [2.05, 4.69) is 4.99 Å². The van der Waals surface area contributed by atoms with Crippen molar-refractivity contribution >= 4 is 28.8 Å². The van der Waals surface area contributed by atoms with Crippen LogP contribution in [0.3, 0.4) is 0 Å². The lowest BCUT2D eigenvalue weighted by Crippen LogP contribution is -2.34. The molecule has 1 fully saturated rings. The zero-order valence-corrected chi connectivity index (χ0v) is 14.5. The highest BCUT2D eigenvalue weighted by Gasteiger charge is 2.19. The minimum atomic E-state index is -0.366. The minimum absolute atomic E-state index is 0.207. The van der Waals surface area contributed by atoms with Crippen LogP contribution in [0, 0.1) is 6.92 Å². The van der Waals surface area contributed by atoms with Crippen LogP contribution in [0.4, 0.5) is 0 Å². The van der Waals surface area contributed by atoms with Gasteiger partial charge in [0.1, 0.15) is 5.75 Å². The van der Waals surface area contributed by atoms with Crippen LogP contribution in [0.2, 0.25) is 5.02 Å². The topological polar surface area (TPSA) is 52.8 Å². The summed E-state index contributed by atoms with van der Waals surface area (Å²) in [5, 5.41) is 0.474. The molecular formula is C16H17ClN2O3S. The Balaban J connectivity index is 1.94. The maximum Gasteiger partial charge on any atom is 0.283 e. The number of carbonyl (C=O) groups is 1. The van der Waals surface area contributed by atoms with E-state index >= 15 is 0 Å². The van der Waals surface area contributed by atoms with Crippen LogP contribution >= 0.6 is 22.9 Å². The molecule has 1 aromatic carbocycles. The number of thiazole rings is 1. The van der Waals surface area contributed by atoms with Gasteiger partial charge in [0.15, 0.2) is 4.80 Å². The highest BCUT2D eigenvalue weighted by atomic mass is 35.5. The van der Waals surface area contributed by atoms with Gasteiger partial charge in [-0.25, -0.2) is 0 Å². The number of hydrogen-bond donors (Lipinski definition) is 0. The van der Waals surface area contributed by atoms with Crippen molar-refractivity contribution in [2.24, 2.45) is 4.99 Å². The van der Waals surface area contributed by atoms with Crippen LogP contribution in [0.15, 0.2) is 29.4 Å². The number of methoxy groups -OCH3 is 1. The van der Waals surface area contributed by atoms with E-state index in [9.17, 15) is 4.79 Å². The molecule has 0 N–H and O–H groups in total. The summed E-state index contributed by atoms with van der Waals surface area (Å²) in [5.41, 5.74) is 0.359. The van der Waals surface area contributed by atoms with Crippen molar-refractivity contribution in [3.63, 3.8) is 0 Å². The van der Waals surface area contributed by atoms with Crippen LogP contribution in [-0.4, -0.2) is 30.3 Å². The number of carbonyl (C=O) groups excluding carboxylic acids is 1. The molecule has 0 saturated carbocycles. The van der Waals surface area contributed by atoms with Gasteiger partial charge in [0.25, 0.3) is 5.91 Å². The van der Waals surface area contributed by atoms with Gasteiger partial charge in [-0.15, -0.1) is 11.3 Å². The predicted molar refractivity (Wildman–Crippen MR) is 89.3 cm³/mol. The Kier molecular flexibility index (Phi) is 4.84. The Morgan fingerprint density at radius 2 is 2.35 bits per heavy atom. The number of nitrogens with zero attached hydrogens (tertiary/aromatic N) is 2. The summed E-state index contributed by atoms with van der Waals surface area (Å²) in [6.07, 6.45) is 3.24. The smallest absolute Gasteiger partial charge is 0.283 e. The molecule has 1 unspecified atom stereocenters. The summed E-state index contributed by atoms with van der Waals surface area (Å²) in [6.45, 7) is 3.51. The summed E-state index contributed by atoms with van der Waals surface area (Å²) in [5.74, 6) is 0.0970. The molecule has 2 heterocycles. The first-order chi connectivity index (χ1) is 11.1. The van der Waals surface area contributed by atoms with E-state index in [0.717, 1.165) is 17.9 Å². The Hall–Kier alpha value is -1.63. The fourth-order valence-electron chi connectivity index (χ4n) is 2.36. The van der Waals surface area contributed by atoms with Gasteiger partial charge in [-0.05, 0) is 31.5 Å². The number of aryl methyl sites for hydroxylation is 1. The van der Waals surface area contributed by atoms with Gasteiger partial charge in [0, 0.05) is 22.7 Å². The van der Waals surface area contributed by atoms with Crippen molar-refractivity contribution in [1.29, 1.82) is 0 Å². The van der Waals surface area contributed by atoms with Gasteiger partial charge in [0.2, 0.25) is 0 Å². The number of hydrogen-bond acceptors (Lipinski definition) is 4. The van der Waals surface area contributed by atoms with E-state index in [1.165, 1.54) is 18.4 Å². The van der Waals surface area contributed by atoms with E-state index in [4.69, 9.17) is 21.1 Å². The molecule has 23 heavy (non-hydrogen) atoms. The number of halogens is 1. The molecule has 1 aromatic heterocycles. The summed E-state index contributed by atoms with van der Waals surface area (Å²) in [6, 6.07) is 4.92. The van der Waals surface area contributed by atoms with Gasteiger partial charge < -0.3 is 14.0 Å². The van der Waals surface area contributed by atoms with Crippen LogP contribution in [0.25, 0.3) is 0 Å². The van der Waals surface area contributed by atoms with E-state index < -0.39 is 0 Å². The molecule has 1 aliphatic rings. The van der Waals surface area contributed by atoms with Crippen molar-refractivity contribution in [2.45, 2.75) is 26.0 Å². The second kappa shape index (κ2) is 6.86. The summed E-state index contributed by atoms with van der Waals surface area (Å²) >= 11 is 7.46. The molecule has 0 radical (unpaired) electrons. The van der Waals surface area contributed by atoms with E-state index in [1.807, 2.05) is 17.7 Å². The fraction of sp³-hybridized carbons (Fsp3) is 0.375. The maximum atomic E-state index is 12.5. The highest BCUT2D eigenvalue weighted by molar-refractivity contribution is 7.09. The number of rotatable bonds is 4. The molecule has 0 bridgehead atoms. The van der Waals surface area contributed by atoms with Gasteiger partial charge in [0.05, 0.1) is 25.3 Å². The first kappa shape index (κ1) is 16.2. The lowest BCUT2D eigenvalue weighted by molar-refractivity contribution is -0.0595. The fourth-order valence-corrected chi connectivity index (χ4v) is 3.38. The molecule has 0 aliphatic carbocycles. The summed E-state index contributed by atoms with van der Waals surface area (Å²) in [4.78, 5) is 18.5. The third-order valence-corrected chi connectivity index (χ3v) is 4.79. The third-order valence-electron chi connectivity index (χ3n) is 3.62. The van der Waals surface area contributed by atoms with Crippen LogP contribution in [0.5, 0.6) is 5.75 Å². The van der Waals surface area contributed by atoms with Crippen molar-refractivity contribution in [3.05, 3.63) is 44.7 Å². The second-order valence-electron chi connectivity index (χ2n) is 5.32. The monoisotopic (exact) mass is 352 g/mol. The van der Waals surface area contributed by atoms with E-state index in [-0.39, 0.29) is 12.0 Å². The lowest BCUT2D eigenvalue weighted by atomic mass is 10.2. The summed E-state index contributed by atoms with van der Waals surface area (Å²) in [7, 11) is 1.52. The quantitative estimate of drug-likeness (QED) is 0.849. The molecule has 0 spiro atoms. The number of ether oxygens (including phenoxy) is 2. The van der Waals surface area contributed by atoms with Gasteiger partial charge in [-0.2, -0.15) is 4.99 Å². The average Bonchev–Trinajstić information content (AvgIpc) is 2.82. The molecule has 1 saturated heterocycles. The normalized spacial score (nSPS) is 17.9. The van der Waals surface area contributed by atoms with Crippen LogP contribution in [0.1, 0.15) is 21.7 Å². The Morgan fingerprint density at radius 3 is 3.00 bits per heavy atom. The highest BCUT2D eigenvalue weighted by Crippen LogP contribution is 2.23. The number of aromatic nitrogens is 1. The van der Waals surface area contributed by atoms with Crippen LogP contribution in [-0.2, 0) is 11.3 Å². The molecule has 1 aliphatic heterocycles. The first-order valence-electron chi connectivity index (χ1n) is 7.28. The van der Waals surface area contributed by atoms with Gasteiger partial charge >= 0.3 is 0 Å². The molecule has 1 amide bonds. The Morgan fingerprint density at radius 1 is 1.57 bits per heavy atom. The van der Waals surface area contributed by atoms with E-state index in [0.29, 0.717) is 27.7 Å². The zero-order chi connectivity index (χ0) is 16.4. The van der Waals surface area contributed by atoms with E-state index in [1.54, 1.807) is 18.2 Å². The van der Waals surface area contributed by atoms with Gasteiger partial charge in [-0.3, -0.25) is 4.79 Å². The molecule has 3 rings (SSSR count). The summed E-state index contributed by atoms with van der Waals surface area (Å²) < 4.78 is 12.7. The number of benzene rings is 1. The number of amides is 1. The standard InChI is InChI=1S/C16H17ClN2O3S/c1-10-8-19(9-12-5-6-22-12)16(23-10)18-15(20)13-7-11(17)3-4-14(13)21-2/h3-4,7-8,12H,5-6,9H2,1-2H3/b18-16-. The average molecular weight is 353 g/mol.